The fraction of sp³-hybridized carbons (Fsp3) is 0.476. The smallest absolute Gasteiger partial charge is 0.317 e. The largest absolute Gasteiger partial charge is 0.493 e. The quantitative estimate of drug-likeness (QED) is 0.852. The van der Waals surface area contributed by atoms with E-state index in [-0.39, 0.29) is 11.6 Å². The van der Waals surface area contributed by atoms with Gasteiger partial charge in [0.05, 0.1) is 19.9 Å². The van der Waals surface area contributed by atoms with Gasteiger partial charge < -0.3 is 24.6 Å². The Morgan fingerprint density at radius 1 is 1.00 bits per heavy atom. The third-order valence-corrected chi connectivity index (χ3v) is 4.70. The normalized spacial score (nSPS) is 14.5. The van der Waals surface area contributed by atoms with Gasteiger partial charge in [-0.25, -0.2) is 14.8 Å². The van der Waals surface area contributed by atoms with Gasteiger partial charge in [0.2, 0.25) is 0 Å². The van der Waals surface area contributed by atoms with Crippen molar-refractivity contribution < 1.29 is 14.3 Å². The number of carbonyl (C=O) groups excluding carboxylic acids is 1. The van der Waals surface area contributed by atoms with E-state index in [0.717, 1.165) is 30.2 Å². The fourth-order valence-corrected chi connectivity index (χ4v) is 3.21. The van der Waals surface area contributed by atoms with Gasteiger partial charge in [-0.15, -0.1) is 0 Å². The van der Waals surface area contributed by atoms with Crippen LogP contribution in [0.25, 0.3) is 11.3 Å². The molecule has 0 aliphatic carbocycles. The second-order valence-corrected chi connectivity index (χ2v) is 7.99. The van der Waals surface area contributed by atoms with Crippen LogP contribution in [-0.2, 0) is 0 Å². The molecule has 2 aromatic rings. The van der Waals surface area contributed by atoms with Crippen LogP contribution in [0, 0.1) is 0 Å². The molecule has 0 saturated carbocycles. The van der Waals surface area contributed by atoms with E-state index in [2.05, 4.69) is 20.2 Å². The summed E-state index contributed by atoms with van der Waals surface area (Å²) in [6.45, 7) is 8.70. The summed E-state index contributed by atoms with van der Waals surface area (Å²) < 4.78 is 10.7. The number of carbonyl (C=O) groups is 1. The summed E-state index contributed by atoms with van der Waals surface area (Å²) in [6, 6.07) is 7.65. The van der Waals surface area contributed by atoms with Crippen LogP contribution >= 0.6 is 0 Å². The predicted octanol–water partition coefficient (Wildman–Crippen LogP) is 2.79. The molecule has 1 N–H and O–H groups in total. The third-order valence-electron chi connectivity index (χ3n) is 4.70. The number of hydrogen-bond acceptors (Lipinski definition) is 6. The van der Waals surface area contributed by atoms with E-state index < -0.39 is 0 Å². The van der Waals surface area contributed by atoms with Crippen molar-refractivity contribution in [2.45, 2.75) is 26.3 Å². The molecule has 8 heteroatoms. The average Bonchev–Trinajstić information content (AvgIpc) is 2.72. The first-order chi connectivity index (χ1) is 13.8. The molecule has 3 rings (SSSR count). The topological polar surface area (TPSA) is 79.8 Å². The van der Waals surface area contributed by atoms with Gasteiger partial charge in [-0.3, -0.25) is 0 Å². The molecule has 1 fully saturated rings. The highest BCUT2D eigenvalue weighted by Gasteiger charge is 2.24. The van der Waals surface area contributed by atoms with Gasteiger partial charge in [0.15, 0.2) is 11.5 Å². The number of benzene rings is 1. The number of nitrogens with one attached hydrogen (secondary N) is 1. The number of nitrogens with zero attached hydrogens (tertiary/aromatic N) is 4. The van der Waals surface area contributed by atoms with Gasteiger partial charge in [0, 0.05) is 43.3 Å². The van der Waals surface area contributed by atoms with Crippen LogP contribution in [-0.4, -0.2) is 66.8 Å². The lowest BCUT2D eigenvalue weighted by Gasteiger charge is -2.36. The Bertz CT molecular complexity index is 858. The van der Waals surface area contributed by atoms with Gasteiger partial charge >= 0.3 is 6.03 Å². The summed E-state index contributed by atoms with van der Waals surface area (Å²) in [5.74, 6) is 2.18. The number of rotatable bonds is 4. The molecule has 2 amide bonds. The number of aromatic nitrogens is 2. The number of ether oxygens (including phenoxy) is 2. The number of amides is 2. The van der Waals surface area contributed by atoms with E-state index in [0.29, 0.717) is 24.6 Å². The number of anilines is 1. The molecule has 0 bridgehead atoms. The van der Waals surface area contributed by atoms with Gasteiger partial charge in [0.1, 0.15) is 12.1 Å². The lowest BCUT2D eigenvalue weighted by Crippen LogP contribution is -2.55. The maximum absolute atomic E-state index is 12.4. The highest BCUT2D eigenvalue weighted by molar-refractivity contribution is 5.75. The van der Waals surface area contributed by atoms with Crippen molar-refractivity contribution in [3.8, 4) is 22.8 Å². The zero-order chi connectivity index (χ0) is 21.0. The molecular formula is C21H29N5O3. The summed E-state index contributed by atoms with van der Waals surface area (Å²) in [5.41, 5.74) is 1.49. The van der Waals surface area contributed by atoms with Crippen LogP contribution in [0.3, 0.4) is 0 Å². The number of methoxy groups -OCH3 is 2. The lowest BCUT2D eigenvalue weighted by molar-refractivity contribution is 0.185. The summed E-state index contributed by atoms with van der Waals surface area (Å²) >= 11 is 0. The molecule has 1 aliphatic rings. The molecule has 0 atom stereocenters. The van der Waals surface area contributed by atoms with Crippen LogP contribution in [0.5, 0.6) is 11.5 Å². The van der Waals surface area contributed by atoms with E-state index in [1.54, 1.807) is 20.5 Å². The molecule has 1 saturated heterocycles. The maximum Gasteiger partial charge on any atom is 0.317 e. The molecule has 8 nitrogen and oxygen atoms in total. The second kappa shape index (κ2) is 8.55. The Kier molecular flexibility index (Phi) is 6.10. The zero-order valence-corrected chi connectivity index (χ0v) is 17.7. The Hall–Kier alpha value is -3.03. The van der Waals surface area contributed by atoms with Gasteiger partial charge in [-0.2, -0.15) is 0 Å². The molecule has 29 heavy (non-hydrogen) atoms. The van der Waals surface area contributed by atoms with Crippen LogP contribution < -0.4 is 19.7 Å². The first kappa shape index (κ1) is 20.7. The van der Waals surface area contributed by atoms with E-state index in [1.807, 2.05) is 49.9 Å². The molecule has 0 unspecified atom stereocenters. The summed E-state index contributed by atoms with van der Waals surface area (Å²) in [5, 5.41) is 3.01. The maximum atomic E-state index is 12.4. The standard InChI is InChI=1S/C21H29N5O3/c1-21(2,3)24-20(27)26-10-8-25(9-11-26)19-13-16(22-14-23-19)15-6-7-17(28-4)18(12-15)29-5/h6-7,12-14H,8-11H2,1-5H3,(H,24,27). The first-order valence-electron chi connectivity index (χ1n) is 9.67. The van der Waals surface area contributed by atoms with Crippen molar-refractivity contribution in [1.82, 2.24) is 20.2 Å². The van der Waals surface area contributed by atoms with Crippen LogP contribution in [0.15, 0.2) is 30.6 Å². The van der Waals surface area contributed by atoms with Crippen molar-refractivity contribution in [1.29, 1.82) is 0 Å². The summed E-state index contributed by atoms with van der Waals surface area (Å²) in [7, 11) is 3.23. The van der Waals surface area contributed by atoms with Crippen molar-refractivity contribution in [3.63, 3.8) is 0 Å². The van der Waals surface area contributed by atoms with Crippen molar-refractivity contribution in [2.24, 2.45) is 0 Å². The Morgan fingerprint density at radius 2 is 1.69 bits per heavy atom. The Labute approximate surface area is 171 Å². The number of hydrogen-bond donors (Lipinski definition) is 1. The van der Waals surface area contributed by atoms with Crippen LogP contribution in [0.1, 0.15) is 20.8 Å². The third kappa shape index (κ3) is 5.07. The first-order valence-corrected chi connectivity index (χ1v) is 9.67. The van der Waals surface area contributed by atoms with Crippen molar-refractivity contribution in [3.05, 3.63) is 30.6 Å². The predicted molar refractivity (Wildman–Crippen MR) is 113 cm³/mol. The molecule has 2 heterocycles. The summed E-state index contributed by atoms with van der Waals surface area (Å²) in [6.07, 6.45) is 1.57. The fourth-order valence-electron chi connectivity index (χ4n) is 3.21. The van der Waals surface area contributed by atoms with Gasteiger partial charge in [-0.05, 0) is 39.0 Å². The van der Waals surface area contributed by atoms with E-state index in [9.17, 15) is 4.79 Å². The van der Waals surface area contributed by atoms with Gasteiger partial charge in [-0.1, -0.05) is 0 Å². The summed E-state index contributed by atoms with van der Waals surface area (Å²) in [4.78, 5) is 25.2. The Balaban J connectivity index is 1.70. The molecule has 1 aliphatic heterocycles. The minimum atomic E-state index is -0.241. The zero-order valence-electron chi connectivity index (χ0n) is 17.7. The highest BCUT2D eigenvalue weighted by Crippen LogP contribution is 2.32. The van der Waals surface area contributed by atoms with Gasteiger partial charge in [0.25, 0.3) is 0 Å². The number of piperazine rings is 1. The molecule has 0 spiro atoms. The van der Waals surface area contributed by atoms with Crippen molar-refractivity contribution in [2.75, 3.05) is 45.3 Å². The molecule has 156 valence electrons. The van der Waals surface area contributed by atoms with E-state index >= 15 is 0 Å². The second-order valence-electron chi connectivity index (χ2n) is 7.99. The monoisotopic (exact) mass is 399 g/mol. The molecule has 1 aromatic carbocycles. The molecular weight excluding hydrogens is 370 g/mol. The van der Waals surface area contributed by atoms with E-state index in [1.165, 1.54) is 0 Å². The van der Waals surface area contributed by atoms with E-state index in [4.69, 9.17) is 9.47 Å². The minimum absolute atomic E-state index is 0.0224. The highest BCUT2D eigenvalue weighted by atomic mass is 16.5. The molecule has 1 aromatic heterocycles. The SMILES string of the molecule is COc1ccc(-c2cc(N3CCN(C(=O)NC(C)(C)C)CC3)ncn2)cc1OC. The molecule has 0 radical (unpaired) electrons. The average molecular weight is 399 g/mol. The van der Waals surface area contributed by atoms with Crippen LogP contribution in [0.4, 0.5) is 10.6 Å². The lowest BCUT2D eigenvalue weighted by atomic mass is 10.1. The van der Waals surface area contributed by atoms with Crippen LogP contribution in [0.2, 0.25) is 0 Å². The number of urea groups is 1. The minimum Gasteiger partial charge on any atom is -0.493 e. The van der Waals surface area contributed by atoms with Crippen molar-refractivity contribution >= 4 is 11.8 Å². The Morgan fingerprint density at radius 3 is 2.31 bits per heavy atom.